The molecule has 0 saturated carbocycles. The van der Waals surface area contributed by atoms with Gasteiger partial charge in [0.1, 0.15) is 0 Å². The molecule has 1 saturated heterocycles. The minimum Gasteiger partial charge on any atom is -0.315 e. The van der Waals surface area contributed by atoms with Crippen LogP contribution in [0.25, 0.3) is 5.69 Å². The first-order valence-corrected chi connectivity index (χ1v) is 6.71. The van der Waals surface area contributed by atoms with Crippen molar-refractivity contribution in [3.8, 4) is 5.69 Å². The fourth-order valence-corrected chi connectivity index (χ4v) is 2.53. The molecule has 1 aromatic carbocycles. The van der Waals surface area contributed by atoms with Crippen molar-refractivity contribution in [2.75, 3.05) is 13.1 Å². The maximum absolute atomic E-state index is 4.34. The van der Waals surface area contributed by atoms with Gasteiger partial charge in [-0.05, 0) is 18.1 Å². The van der Waals surface area contributed by atoms with E-state index in [1.807, 2.05) is 12.5 Å². The number of aryl methyl sites for hydroxylation is 1. The Labute approximate surface area is 108 Å². The van der Waals surface area contributed by atoms with Crippen molar-refractivity contribution >= 4 is 0 Å². The molecule has 1 N–H and O–H groups in total. The minimum absolute atomic E-state index is 0.613. The molecule has 94 valence electrons. The number of nitrogens with zero attached hydrogens (tertiary/aromatic N) is 2. The molecule has 1 aliphatic rings. The van der Waals surface area contributed by atoms with E-state index in [2.05, 4.69) is 46.1 Å². The highest BCUT2D eigenvalue weighted by Gasteiger charge is 2.23. The Hall–Kier alpha value is -1.61. The zero-order valence-corrected chi connectivity index (χ0v) is 10.8. The topological polar surface area (TPSA) is 29.9 Å². The van der Waals surface area contributed by atoms with Gasteiger partial charge in [0.05, 0.1) is 6.33 Å². The van der Waals surface area contributed by atoms with Crippen LogP contribution in [0.2, 0.25) is 0 Å². The molecule has 0 amide bonds. The number of rotatable bonds is 4. The highest BCUT2D eigenvalue weighted by atomic mass is 15.1. The van der Waals surface area contributed by atoms with Gasteiger partial charge in [0.2, 0.25) is 0 Å². The van der Waals surface area contributed by atoms with Gasteiger partial charge in [-0.1, -0.05) is 31.5 Å². The Morgan fingerprint density at radius 2 is 2.17 bits per heavy atom. The summed E-state index contributed by atoms with van der Waals surface area (Å²) in [5, 5.41) is 3.33. The number of aromatic nitrogens is 2. The van der Waals surface area contributed by atoms with Crippen LogP contribution in [0, 0.1) is 0 Å². The van der Waals surface area contributed by atoms with Crippen molar-refractivity contribution in [1.82, 2.24) is 14.9 Å². The third kappa shape index (κ3) is 1.95. The Morgan fingerprint density at radius 1 is 1.33 bits per heavy atom. The Balaban J connectivity index is 2.01. The van der Waals surface area contributed by atoms with E-state index in [1.165, 1.54) is 23.4 Å². The average molecular weight is 241 g/mol. The fourth-order valence-electron chi connectivity index (χ4n) is 2.53. The summed E-state index contributed by atoms with van der Waals surface area (Å²) in [6, 6.07) is 8.65. The van der Waals surface area contributed by atoms with E-state index in [9.17, 15) is 0 Å². The van der Waals surface area contributed by atoms with Crippen LogP contribution in [0.4, 0.5) is 0 Å². The predicted molar refractivity (Wildman–Crippen MR) is 73.2 cm³/mol. The van der Waals surface area contributed by atoms with Crippen molar-refractivity contribution in [2.24, 2.45) is 0 Å². The van der Waals surface area contributed by atoms with E-state index in [-0.39, 0.29) is 0 Å². The molecular formula is C15H19N3. The van der Waals surface area contributed by atoms with Gasteiger partial charge in [0.15, 0.2) is 0 Å². The molecule has 3 heteroatoms. The van der Waals surface area contributed by atoms with Gasteiger partial charge >= 0.3 is 0 Å². The van der Waals surface area contributed by atoms with Crippen LogP contribution in [0.15, 0.2) is 36.8 Å². The zero-order chi connectivity index (χ0) is 12.4. The predicted octanol–water partition coefficient (Wildman–Crippen LogP) is 2.51. The van der Waals surface area contributed by atoms with Crippen LogP contribution in [-0.4, -0.2) is 22.6 Å². The van der Waals surface area contributed by atoms with Crippen molar-refractivity contribution in [3.05, 3.63) is 48.0 Å². The maximum Gasteiger partial charge on any atom is 0.0994 e. The first-order chi connectivity index (χ1) is 8.90. The number of hydrogen-bond acceptors (Lipinski definition) is 2. The van der Waals surface area contributed by atoms with Crippen molar-refractivity contribution in [1.29, 1.82) is 0 Å². The van der Waals surface area contributed by atoms with Crippen LogP contribution in [0.1, 0.15) is 30.5 Å². The number of nitrogens with one attached hydrogen (secondary N) is 1. The summed E-state index contributed by atoms with van der Waals surface area (Å²) in [4.78, 5) is 4.34. The van der Waals surface area contributed by atoms with Crippen LogP contribution in [-0.2, 0) is 6.42 Å². The third-order valence-corrected chi connectivity index (χ3v) is 3.64. The number of para-hydroxylation sites is 1. The second kappa shape index (κ2) is 4.94. The van der Waals surface area contributed by atoms with Crippen molar-refractivity contribution < 1.29 is 0 Å². The number of hydrogen-bond donors (Lipinski definition) is 1. The molecular weight excluding hydrogens is 222 g/mol. The quantitative estimate of drug-likeness (QED) is 0.891. The normalized spacial score (nSPS) is 15.6. The molecule has 18 heavy (non-hydrogen) atoms. The summed E-state index contributed by atoms with van der Waals surface area (Å²) in [6.45, 7) is 4.37. The Kier molecular flexibility index (Phi) is 3.15. The Bertz CT molecular complexity index is 526. The van der Waals surface area contributed by atoms with Gasteiger partial charge in [0.25, 0.3) is 0 Å². The van der Waals surface area contributed by atoms with E-state index < -0.39 is 0 Å². The molecule has 0 aliphatic carbocycles. The minimum atomic E-state index is 0.613. The van der Waals surface area contributed by atoms with Crippen molar-refractivity contribution in [3.63, 3.8) is 0 Å². The Morgan fingerprint density at radius 3 is 2.89 bits per heavy atom. The van der Waals surface area contributed by atoms with Gasteiger partial charge < -0.3 is 9.88 Å². The summed E-state index contributed by atoms with van der Waals surface area (Å²) >= 11 is 0. The lowest BCUT2D eigenvalue weighted by atomic mass is 9.99. The highest BCUT2D eigenvalue weighted by molar-refractivity contribution is 5.43. The van der Waals surface area contributed by atoms with Gasteiger partial charge in [-0.2, -0.15) is 0 Å². The molecule has 2 aromatic rings. The fraction of sp³-hybridized carbons (Fsp3) is 0.400. The first-order valence-electron chi connectivity index (χ1n) is 6.71. The van der Waals surface area contributed by atoms with Gasteiger partial charge in [-0.25, -0.2) is 4.98 Å². The highest BCUT2D eigenvalue weighted by Crippen LogP contribution is 2.25. The molecule has 1 aromatic heterocycles. The van der Waals surface area contributed by atoms with E-state index in [0.717, 1.165) is 19.5 Å². The van der Waals surface area contributed by atoms with Gasteiger partial charge in [0, 0.05) is 36.6 Å². The summed E-state index contributed by atoms with van der Waals surface area (Å²) < 4.78 is 2.26. The van der Waals surface area contributed by atoms with Crippen LogP contribution in [0.3, 0.4) is 0 Å². The zero-order valence-electron chi connectivity index (χ0n) is 10.8. The monoisotopic (exact) mass is 241 g/mol. The second-order valence-electron chi connectivity index (χ2n) is 4.92. The standard InChI is InChI=1S/C15H19N3/c1-2-5-12-6-3-4-7-14(12)18-11-17-10-15(18)13-8-16-9-13/h3-4,6-7,10-11,13,16H,2,5,8-9H2,1H3. The molecule has 1 aliphatic heterocycles. The molecule has 2 heterocycles. The van der Waals surface area contributed by atoms with E-state index in [0.29, 0.717) is 5.92 Å². The summed E-state index contributed by atoms with van der Waals surface area (Å²) in [6.07, 6.45) is 6.25. The largest absolute Gasteiger partial charge is 0.315 e. The SMILES string of the molecule is CCCc1ccccc1-n1cncc1C1CNC1. The lowest BCUT2D eigenvalue weighted by molar-refractivity contribution is 0.435. The lowest BCUT2D eigenvalue weighted by Gasteiger charge is -2.28. The maximum atomic E-state index is 4.34. The van der Waals surface area contributed by atoms with Crippen molar-refractivity contribution in [2.45, 2.75) is 25.7 Å². The van der Waals surface area contributed by atoms with Crippen LogP contribution >= 0.6 is 0 Å². The summed E-state index contributed by atoms with van der Waals surface area (Å²) in [5.41, 5.74) is 4.03. The van der Waals surface area contributed by atoms with E-state index >= 15 is 0 Å². The summed E-state index contributed by atoms with van der Waals surface area (Å²) in [5.74, 6) is 0.613. The molecule has 1 fully saturated rings. The number of imidazole rings is 1. The molecule has 0 spiro atoms. The van der Waals surface area contributed by atoms with Crippen LogP contribution in [0.5, 0.6) is 0 Å². The second-order valence-corrected chi connectivity index (χ2v) is 4.92. The summed E-state index contributed by atoms with van der Waals surface area (Å²) in [7, 11) is 0. The van der Waals surface area contributed by atoms with E-state index in [4.69, 9.17) is 0 Å². The van der Waals surface area contributed by atoms with E-state index in [1.54, 1.807) is 0 Å². The third-order valence-electron chi connectivity index (χ3n) is 3.64. The lowest BCUT2D eigenvalue weighted by Crippen LogP contribution is -2.40. The first kappa shape index (κ1) is 11.5. The number of benzene rings is 1. The molecule has 0 unspecified atom stereocenters. The molecule has 3 rings (SSSR count). The average Bonchev–Trinajstić information content (AvgIpc) is 2.77. The van der Waals surface area contributed by atoms with Gasteiger partial charge in [-0.15, -0.1) is 0 Å². The molecule has 0 radical (unpaired) electrons. The van der Waals surface area contributed by atoms with Gasteiger partial charge in [-0.3, -0.25) is 0 Å². The molecule has 0 bridgehead atoms. The molecule has 0 atom stereocenters. The van der Waals surface area contributed by atoms with Crippen LogP contribution < -0.4 is 5.32 Å². The smallest absolute Gasteiger partial charge is 0.0994 e. The molecule has 3 nitrogen and oxygen atoms in total.